The summed E-state index contributed by atoms with van der Waals surface area (Å²) in [5.74, 6) is 0.839. The van der Waals surface area contributed by atoms with Gasteiger partial charge in [-0.15, -0.1) is 0 Å². The van der Waals surface area contributed by atoms with Crippen molar-refractivity contribution >= 4 is 0 Å². The molecular weight excluding hydrogens is 200 g/mol. The molecule has 0 bridgehead atoms. The summed E-state index contributed by atoms with van der Waals surface area (Å²) in [5, 5.41) is 3.63. The maximum absolute atomic E-state index is 5.30. The number of hydrogen-bond donors (Lipinski definition) is 1. The monoisotopic (exact) mass is 226 g/mol. The van der Waals surface area contributed by atoms with Gasteiger partial charge in [0.2, 0.25) is 0 Å². The maximum Gasteiger partial charge on any atom is 0.0641 e. The Hall–Kier alpha value is -0.120. The zero-order chi connectivity index (χ0) is 11.6. The minimum atomic E-state index is 0.219. The highest BCUT2D eigenvalue weighted by atomic mass is 16.5. The maximum atomic E-state index is 5.30. The lowest BCUT2D eigenvalue weighted by molar-refractivity contribution is 0.127. The standard InChI is InChI=1S/C13H26N2O/c1-13(10-16-3)8-11(9-14-13)7-12-5-4-6-15(12)2/h11-12,14H,4-10H2,1-3H3. The van der Waals surface area contributed by atoms with E-state index in [1.165, 1.54) is 38.8 Å². The first-order chi connectivity index (χ1) is 7.63. The quantitative estimate of drug-likeness (QED) is 0.786. The van der Waals surface area contributed by atoms with Crippen LogP contribution in [0.5, 0.6) is 0 Å². The lowest BCUT2D eigenvalue weighted by atomic mass is 9.90. The molecule has 2 aliphatic heterocycles. The van der Waals surface area contributed by atoms with Crippen molar-refractivity contribution in [1.82, 2.24) is 10.2 Å². The summed E-state index contributed by atoms with van der Waals surface area (Å²) in [6, 6.07) is 0.830. The van der Waals surface area contributed by atoms with Crippen LogP contribution in [-0.4, -0.2) is 50.3 Å². The van der Waals surface area contributed by atoms with Crippen LogP contribution in [-0.2, 0) is 4.74 Å². The van der Waals surface area contributed by atoms with Gasteiger partial charge in [-0.25, -0.2) is 0 Å². The topological polar surface area (TPSA) is 24.5 Å². The summed E-state index contributed by atoms with van der Waals surface area (Å²) in [4.78, 5) is 2.53. The van der Waals surface area contributed by atoms with Gasteiger partial charge in [0.15, 0.2) is 0 Å². The normalized spacial score (nSPS) is 40.7. The average Bonchev–Trinajstić information content (AvgIpc) is 2.77. The van der Waals surface area contributed by atoms with Gasteiger partial charge >= 0.3 is 0 Å². The molecule has 0 aromatic carbocycles. The molecule has 0 aromatic heterocycles. The van der Waals surface area contributed by atoms with Crippen LogP contribution in [0.25, 0.3) is 0 Å². The molecule has 0 aromatic rings. The second kappa shape index (κ2) is 5.03. The summed E-state index contributed by atoms with van der Waals surface area (Å²) >= 11 is 0. The smallest absolute Gasteiger partial charge is 0.0641 e. The van der Waals surface area contributed by atoms with Crippen molar-refractivity contribution in [3.05, 3.63) is 0 Å². The van der Waals surface area contributed by atoms with Crippen LogP contribution >= 0.6 is 0 Å². The van der Waals surface area contributed by atoms with Gasteiger partial charge < -0.3 is 15.0 Å². The minimum Gasteiger partial charge on any atom is -0.383 e. The van der Waals surface area contributed by atoms with Gasteiger partial charge in [0.1, 0.15) is 0 Å². The Labute approximate surface area is 99.5 Å². The Bertz CT molecular complexity index is 234. The lowest BCUT2D eigenvalue weighted by Gasteiger charge is -2.25. The van der Waals surface area contributed by atoms with E-state index in [-0.39, 0.29) is 5.54 Å². The van der Waals surface area contributed by atoms with Gasteiger partial charge in [0, 0.05) is 18.7 Å². The molecule has 2 heterocycles. The summed E-state index contributed by atoms with van der Waals surface area (Å²) in [6.07, 6.45) is 5.42. The van der Waals surface area contributed by atoms with Gasteiger partial charge in [0.05, 0.1) is 6.61 Å². The number of rotatable bonds is 4. The highest BCUT2D eigenvalue weighted by molar-refractivity contribution is 4.95. The average molecular weight is 226 g/mol. The van der Waals surface area contributed by atoms with Crippen LogP contribution in [0.4, 0.5) is 0 Å². The van der Waals surface area contributed by atoms with Gasteiger partial charge in [-0.2, -0.15) is 0 Å². The first-order valence-corrected chi connectivity index (χ1v) is 6.57. The number of nitrogens with zero attached hydrogens (tertiary/aromatic N) is 1. The van der Waals surface area contributed by atoms with Crippen molar-refractivity contribution in [3.63, 3.8) is 0 Å². The molecule has 1 N–H and O–H groups in total. The van der Waals surface area contributed by atoms with Crippen LogP contribution in [0.2, 0.25) is 0 Å². The second-order valence-corrected chi connectivity index (χ2v) is 5.96. The van der Waals surface area contributed by atoms with E-state index >= 15 is 0 Å². The fourth-order valence-electron chi connectivity index (χ4n) is 3.43. The zero-order valence-electron chi connectivity index (χ0n) is 11.0. The Morgan fingerprint density at radius 1 is 1.50 bits per heavy atom. The van der Waals surface area contributed by atoms with E-state index in [0.29, 0.717) is 0 Å². The molecule has 2 aliphatic rings. The Morgan fingerprint density at radius 2 is 2.31 bits per heavy atom. The third kappa shape index (κ3) is 2.76. The van der Waals surface area contributed by atoms with Crippen LogP contribution in [0.3, 0.4) is 0 Å². The van der Waals surface area contributed by atoms with Crippen LogP contribution < -0.4 is 5.32 Å². The molecule has 0 spiro atoms. The Balaban J connectivity index is 1.80. The van der Waals surface area contributed by atoms with Crippen molar-refractivity contribution in [3.8, 4) is 0 Å². The third-order valence-corrected chi connectivity index (χ3v) is 4.30. The van der Waals surface area contributed by atoms with Crippen LogP contribution in [0.1, 0.15) is 32.6 Å². The van der Waals surface area contributed by atoms with E-state index < -0.39 is 0 Å². The minimum absolute atomic E-state index is 0.219. The van der Waals surface area contributed by atoms with E-state index in [1.807, 2.05) is 0 Å². The van der Waals surface area contributed by atoms with E-state index in [1.54, 1.807) is 7.11 Å². The zero-order valence-corrected chi connectivity index (χ0v) is 11.0. The van der Waals surface area contributed by atoms with E-state index in [2.05, 4.69) is 24.2 Å². The molecule has 16 heavy (non-hydrogen) atoms. The molecule has 0 radical (unpaired) electrons. The predicted octanol–water partition coefficient (Wildman–Crippen LogP) is 1.49. The third-order valence-electron chi connectivity index (χ3n) is 4.30. The summed E-state index contributed by atoms with van der Waals surface area (Å²) in [6.45, 7) is 5.59. The summed E-state index contributed by atoms with van der Waals surface area (Å²) < 4.78 is 5.30. The molecule has 3 atom stereocenters. The fraction of sp³-hybridized carbons (Fsp3) is 1.00. The number of nitrogens with one attached hydrogen (secondary N) is 1. The highest BCUT2D eigenvalue weighted by Gasteiger charge is 2.36. The summed E-state index contributed by atoms with van der Waals surface area (Å²) in [7, 11) is 4.07. The number of likely N-dealkylation sites (tertiary alicyclic amines) is 1. The summed E-state index contributed by atoms with van der Waals surface area (Å²) in [5.41, 5.74) is 0.219. The number of methoxy groups -OCH3 is 1. The first kappa shape index (κ1) is 12.3. The molecule has 2 rings (SSSR count). The second-order valence-electron chi connectivity index (χ2n) is 5.96. The molecule has 0 amide bonds. The molecule has 0 saturated carbocycles. The van der Waals surface area contributed by atoms with Gasteiger partial charge in [0.25, 0.3) is 0 Å². The molecule has 2 saturated heterocycles. The highest BCUT2D eigenvalue weighted by Crippen LogP contribution is 2.31. The van der Waals surface area contributed by atoms with Gasteiger partial charge in [-0.05, 0) is 58.7 Å². The molecule has 0 aliphatic carbocycles. The van der Waals surface area contributed by atoms with Crippen molar-refractivity contribution in [1.29, 1.82) is 0 Å². The lowest BCUT2D eigenvalue weighted by Crippen LogP contribution is -2.40. The predicted molar refractivity (Wildman–Crippen MR) is 66.7 cm³/mol. The van der Waals surface area contributed by atoms with Crippen molar-refractivity contribution in [2.45, 2.75) is 44.2 Å². The molecule has 2 fully saturated rings. The SMILES string of the molecule is COCC1(C)CC(CC2CCCN2C)CN1. The van der Waals surface area contributed by atoms with Crippen LogP contribution in [0, 0.1) is 5.92 Å². The first-order valence-electron chi connectivity index (χ1n) is 6.57. The van der Waals surface area contributed by atoms with Gasteiger partial charge in [-0.3, -0.25) is 0 Å². The van der Waals surface area contributed by atoms with E-state index in [9.17, 15) is 0 Å². The van der Waals surface area contributed by atoms with Crippen molar-refractivity contribution in [2.75, 3.05) is 33.9 Å². The van der Waals surface area contributed by atoms with Crippen molar-refractivity contribution < 1.29 is 4.74 Å². The Morgan fingerprint density at radius 3 is 2.94 bits per heavy atom. The number of hydrogen-bond acceptors (Lipinski definition) is 3. The molecular formula is C13H26N2O. The van der Waals surface area contributed by atoms with Crippen molar-refractivity contribution in [2.24, 2.45) is 5.92 Å². The molecule has 3 heteroatoms. The number of ether oxygens (including phenoxy) is 1. The van der Waals surface area contributed by atoms with Crippen LogP contribution in [0.15, 0.2) is 0 Å². The molecule has 3 unspecified atom stereocenters. The van der Waals surface area contributed by atoms with E-state index in [0.717, 1.165) is 18.6 Å². The molecule has 94 valence electrons. The van der Waals surface area contributed by atoms with E-state index in [4.69, 9.17) is 4.74 Å². The fourth-order valence-corrected chi connectivity index (χ4v) is 3.43. The Kier molecular flexibility index (Phi) is 3.88. The van der Waals surface area contributed by atoms with Gasteiger partial charge in [-0.1, -0.05) is 0 Å². The largest absolute Gasteiger partial charge is 0.383 e. The molecule has 3 nitrogen and oxygen atoms in total.